The summed E-state index contributed by atoms with van der Waals surface area (Å²) in [5, 5.41) is 0. The topological polar surface area (TPSA) is 52.6 Å². The molecule has 88 valence electrons. The molecule has 0 unspecified atom stereocenters. The maximum atomic E-state index is 11.3. The van der Waals surface area contributed by atoms with E-state index in [0.717, 1.165) is 0 Å². The molecule has 5 heteroatoms. The van der Waals surface area contributed by atoms with Crippen molar-refractivity contribution >= 4 is 10.1 Å². The molecule has 0 aliphatic carbocycles. The number of ether oxygens (including phenoxy) is 1. The summed E-state index contributed by atoms with van der Waals surface area (Å²) < 4.78 is 32.6. The lowest BCUT2D eigenvalue weighted by molar-refractivity contribution is 0.340. The molecule has 1 aromatic rings. The molecule has 0 radical (unpaired) electrons. The van der Waals surface area contributed by atoms with Crippen molar-refractivity contribution in [2.24, 2.45) is 0 Å². The second-order valence-electron chi connectivity index (χ2n) is 3.00. The third-order valence-electron chi connectivity index (χ3n) is 1.68. The third-order valence-corrected chi connectivity index (χ3v) is 2.77. The molecule has 0 spiro atoms. The zero-order valence-corrected chi connectivity index (χ0v) is 9.87. The normalized spacial score (nSPS) is 10.8. The second kappa shape index (κ2) is 5.55. The van der Waals surface area contributed by atoms with Crippen LogP contribution < -0.4 is 8.92 Å². The lowest BCUT2D eigenvalue weighted by Crippen LogP contribution is -2.11. The van der Waals surface area contributed by atoms with E-state index in [2.05, 4.69) is 6.58 Å². The van der Waals surface area contributed by atoms with Gasteiger partial charge in [0, 0.05) is 0 Å². The molecule has 4 nitrogen and oxygen atoms in total. The minimum absolute atomic E-state index is 0.208. The average Bonchev–Trinajstić information content (AvgIpc) is 2.21. The van der Waals surface area contributed by atoms with Crippen molar-refractivity contribution in [3.63, 3.8) is 0 Å². The van der Waals surface area contributed by atoms with Gasteiger partial charge in [-0.3, -0.25) is 0 Å². The van der Waals surface area contributed by atoms with Gasteiger partial charge in [-0.15, -0.1) is 6.58 Å². The van der Waals surface area contributed by atoms with Crippen LogP contribution in [-0.2, 0) is 10.1 Å². The van der Waals surface area contributed by atoms with Gasteiger partial charge in [0.2, 0.25) is 0 Å². The highest BCUT2D eigenvalue weighted by molar-refractivity contribution is 7.87. The van der Waals surface area contributed by atoms with Crippen LogP contribution in [0, 0.1) is 0 Å². The van der Waals surface area contributed by atoms with Gasteiger partial charge in [-0.05, 0) is 31.2 Å². The Morgan fingerprint density at radius 1 is 1.25 bits per heavy atom. The van der Waals surface area contributed by atoms with Gasteiger partial charge in [-0.1, -0.05) is 6.08 Å². The Bertz CT molecular complexity index is 434. The van der Waals surface area contributed by atoms with Crippen LogP contribution in [0.15, 0.2) is 36.9 Å². The van der Waals surface area contributed by atoms with Crippen molar-refractivity contribution in [3.05, 3.63) is 36.9 Å². The molecule has 0 saturated heterocycles. The molecular weight excluding hydrogens is 228 g/mol. The predicted molar refractivity (Wildman–Crippen MR) is 62.2 cm³/mol. The number of hydrogen-bond acceptors (Lipinski definition) is 4. The van der Waals surface area contributed by atoms with Crippen LogP contribution in [-0.4, -0.2) is 20.8 Å². The van der Waals surface area contributed by atoms with E-state index in [4.69, 9.17) is 8.92 Å². The standard InChI is InChI=1S/C11H14O4S/c1-3-9-16(12,13)15-11-7-5-10(6-8-11)14-4-2/h3,5-8H,1,4,9H2,2H3. The lowest BCUT2D eigenvalue weighted by Gasteiger charge is -2.06. The van der Waals surface area contributed by atoms with Crippen LogP contribution in [0.4, 0.5) is 0 Å². The van der Waals surface area contributed by atoms with Crippen molar-refractivity contribution < 1.29 is 17.3 Å². The fourth-order valence-corrected chi connectivity index (χ4v) is 1.84. The molecule has 0 aromatic heterocycles. The van der Waals surface area contributed by atoms with Crippen molar-refractivity contribution in [2.45, 2.75) is 6.92 Å². The highest BCUT2D eigenvalue weighted by Gasteiger charge is 2.09. The largest absolute Gasteiger partial charge is 0.494 e. The second-order valence-corrected chi connectivity index (χ2v) is 4.62. The maximum Gasteiger partial charge on any atom is 0.312 e. The zero-order chi connectivity index (χ0) is 12.0. The van der Waals surface area contributed by atoms with Gasteiger partial charge < -0.3 is 8.92 Å². The average molecular weight is 242 g/mol. The first-order valence-electron chi connectivity index (χ1n) is 4.83. The summed E-state index contributed by atoms with van der Waals surface area (Å²) in [7, 11) is -3.57. The summed E-state index contributed by atoms with van der Waals surface area (Å²) in [5.74, 6) is 0.737. The molecule has 0 aliphatic heterocycles. The van der Waals surface area contributed by atoms with Gasteiger partial charge in [-0.25, -0.2) is 0 Å². The molecule has 0 atom stereocenters. The zero-order valence-electron chi connectivity index (χ0n) is 9.05. The summed E-state index contributed by atoms with van der Waals surface area (Å²) in [6, 6.07) is 6.40. The quantitative estimate of drug-likeness (QED) is 0.565. The third kappa shape index (κ3) is 3.94. The lowest BCUT2D eigenvalue weighted by atomic mass is 10.3. The molecule has 0 heterocycles. The van der Waals surface area contributed by atoms with Crippen LogP contribution >= 0.6 is 0 Å². The Kier molecular flexibility index (Phi) is 4.37. The van der Waals surface area contributed by atoms with Crippen molar-refractivity contribution in [1.82, 2.24) is 0 Å². The summed E-state index contributed by atoms with van der Waals surface area (Å²) in [6.45, 7) is 5.79. The van der Waals surface area contributed by atoms with E-state index in [1.165, 1.54) is 6.08 Å². The van der Waals surface area contributed by atoms with Gasteiger partial charge in [0.15, 0.2) is 0 Å². The minimum Gasteiger partial charge on any atom is -0.494 e. The van der Waals surface area contributed by atoms with Crippen LogP contribution in [0.2, 0.25) is 0 Å². The van der Waals surface area contributed by atoms with E-state index in [-0.39, 0.29) is 11.5 Å². The molecule has 0 saturated carbocycles. The molecule has 1 aromatic carbocycles. The number of hydrogen-bond donors (Lipinski definition) is 0. The molecule has 0 amide bonds. The van der Waals surface area contributed by atoms with E-state index < -0.39 is 10.1 Å². The highest BCUT2D eigenvalue weighted by Crippen LogP contribution is 2.18. The Balaban J connectivity index is 2.72. The van der Waals surface area contributed by atoms with E-state index >= 15 is 0 Å². The maximum absolute atomic E-state index is 11.3. The number of benzene rings is 1. The van der Waals surface area contributed by atoms with E-state index in [1.54, 1.807) is 24.3 Å². The summed E-state index contributed by atoms with van der Waals surface area (Å²) in [6.07, 6.45) is 1.28. The molecule has 16 heavy (non-hydrogen) atoms. The van der Waals surface area contributed by atoms with Gasteiger partial charge in [0.05, 0.1) is 6.61 Å². The van der Waals surface area contributed by atoms with E-state index in [1.807, 2.05) is 6.92 Å². The smallest absolute Gasteiger partial charge is 0.312 e. The van der Waals surface area contributed by atoms with Gasteiger partial charge in [0.25, 0.3) is 0 Å². The van der Waals surface area contributed by atoms with Crippen molar-refractivity contribution in [1.29, 1.82) is 0 Å². The first kappa shape index (κ1) is 12.6. The van der Waals surface area contributed by atoms with Crippen LogP contribution in [0.1, 0.15) is 6.92 Å². The summed E-state index contributed by atoms with van der Waals surface area (Å²) in [4.78, 5) is 0. The van der Waals surface area contributed by atoms with E-state index in [0.29, 0.717) is 12.4 Å². The number of rotatable bonds is 6. The van der Waals surface area contributed by atoms with Crippen LogP contribution in [0.3, 0.4) is 0 Å². The molecular formula is C11H14O4S. The fourth-order valence-electron chi connectivity index (χ4n) is 1.08. The van der Waals surface area contributed by atoms with Gasteiger partial charge in [0.1, 0.15) is 17.3 Å². The molecule has 0 aliphatic rings. The highest BCUT2D eigenvalue weighted by atomic mass is 32.2. The molecule has 1 rings (SSSR count). The Morgan fingerprint density at radius 3 is 2.31 bits per heavy atom. The Hall–Kier alpha value is -1.49. The molecule has 0 bridgehead atoms. The minimum atomic E-state index is -3.57. The summed E-state index contributed by atoms with van der Waals surface area (Å²) in [5.41, 5.74) is 0. The van der Waals surface area contributed by atoms with E-state index in [9.17, 15) is 8.42 Å². The fraction of sp³-hybridized carbons (Fsp3) is 0.273. The first-order valence-corrected chi connectivity index (χ1v) is 6.41. The van der Waals surface area contributed by atoms with Gasteiger partial charge >= 0.3 is 10.1 Å². The van der Waals surface area contributed by atoms with Crippen LogP contribution in [0.25, 0.3) is 0 Å². The van der Waals surface area contributed by atoms with Crippen LogP contribution in [0.5, 0.6) is 11.5 Å². The predicted octanol–water partition coefficient (Wildman–Crippen LogP) is 1.98. The van der Waals surface area contributed by atoms with Crippen molar-refractivity contribution in [2.75, 3.05) is 12.4 Å². The van der Waals surface area contributed by atoms with Gasteiger partial charge in [-0.2, -0.15) is 8.42 Å². The monoisotopic (exact) mass is 242 g/mol. The van der Waals surface area contributed by atoms with Crippen molar-refractivity contribution in [3.8, 4) is 11.5 Å². The Labute approximate surface area is 95.6 Å². The Morgan fingerprint density at radius 2 is 1.81 bits per heavy atom. The molecule has 0 N–H and O–H groups in total. The first-order chi connectivity index (χ1) is 7.57. The summed E-state index contributed by atoms with van der Waals surface area (Å²) >= 11 is 0. The SMILES string of the molecule is C=CCS(=O)(=O)Oc1ccc(OCC)cc1. The molecule has 0 fully saturated rings.